The Morgan fingerprint density at radius 3 is 2.57 bits per heavy atom. The molecule has 21 heavy (non-hydrogen) atoms. The predicted molar refractivity (Wildman–Crippen MR) is 90.8 cm³/mol. The number of nitrogens with zero attached hydrogens (tertiary/aromatic N) is 2. The summed E-state index contributed by atoms with van der Waals surface area (Å²) in [5.74, 6) is 0.992. The van der Waals surface area contributed by atoms with E-state index in [9.17, 15) is 0 Å². The van der Waals surface area contributed by atoms with Gasteiger partial charge in [0, 0.05) is 31.2 Å². The first kappa shape index (κ1) is 16.1. The highest BCUT2D eigenvalue weighted by molar-refractivity contribution is 7.99. The largest absolute Gasteiger partial charge is 0.329 e. The van der Waals surface area contributed by atoms with E-state index in [0.717, 1.165) is 23.9 Å². The Balaban J connectivity index is 2.02. The molecule has 0 aliphatic heterocycles. The zero-order chi connectivity index (χ0) is 15.1. The fraction of sp³-hybridized carbons (Fsp3) is 0.471. The number of hydrogen-bond donors (Lipinski definition) is 1. The number of aryl methyl sites for hydroxylation is 2. The minimum Gasteiger partial charge on any atom is -0.329 e. The minimum atomic E-state index is 0.368. The van der Waals surface area contributed by atoms with Gasteiger partial charge in [0.1, 0.15) is 0 Å². The summed E-state index contributed by atoms with van der Waals surface area (Å²) in [6.45, 7) is 5.35. The summed E-state index contributed by atoms with van der Waals surface area (Å²) in [4.78, 5) is 4.38. The molecule has 114 valence electrons. The van der Waals surface area contributed by atoms with E-state index in [-0.39, 0.29) is 0 Å². The van der Waals surface area contributed by atoms with Gasteiger partial charge < -0.3 is 9.88 Å². The van der Waals surface area contributed by atoms with Crippen molar-refractivity contribution in [3.05, 3.63) is 47.8 Å². The fourth-order valence-corrected chi connectivity index (χ4v) is 3.40. The van der Waals surface area contributed by atoms with Crippen LogP contribution in [0, 0.1) is 0 Å². The molecule has 0 radical (unpaired) electrons. The highest BCUT2D eigenvalue weighted by Crippen LogP contribution is 2.23. The van der Waals surface area contributed by atoms with Crippen molar-refractivity contribution in [1.29, 1.82) is 0 Å². The second-order valence-corrected chi connectivity index (χ2v) is 6.22. The van der Waals surface area contributed by atoms with E-state index in [1.807, 2.05) is 19.4 Å². The Morgan fingerprint density at radius 2 is 2.00 bits per heavy atom. The van der Waals surface area contributed by atoms with Crippen molar-refractivity contribution in [2.75, 3.05) is 12.3 Å². The van der Waals surface area contributed by atoms with Crippen molar-refractivity contribution >= 4 is 11.8 Å². The summed E-state index contributed by atoms with van der Waals surface area (Å²) in [5.41, 5.74) is 2.78. The number of thioether (sulfide) groups is 1. The molecule has 1 heterocycles. The van der Waals surface area contributed by atoms with Crippen molar-refractivity contribution in [3.8, 4) is 0 Å². The highest BCUT2D eigenvalue weighted by atomic mass is 32.2. The van der Waals surface area contributed by atoms with Crippen molar-refractivity contribution in [3.63, 3.8) is 0 Å². The molecule has 2 rings (SSSR count). The maximum absolute atomic E-state index is 4.38. The molecule has 0 aliphatic rings. The predicted octanol–water partition coefficient (Wildman–Crippen LogP) is 3.82. The van der Waals surface area contributed by atoms with Crippen molar-refractivity contribution < 1.29 is 0 Å². The van der Waals surface area contributed by atoms with Gasteiger partial charge >= 0.3 is 0 Å². The Labute approximate surface area is 132 Å². The van der Waals surface area contributed by atoms with Crippen LogP contribution in [0.2, 0.25) is 0 Å². The number of imidazole rings is 1. The molecule has 0 bridgehead atoms. The SMILES string of the molecule is CCCc1ccc(C(CSc2nccn2C)NCC)cc1. The van der Waals surface area contributed by atoms with Crippen LogP contribution in [0.15, 0.2) is 41.8 Å². The second kappa shape index (κ2) is 8.25. The first-order valence-corrected chi connectivity index (χ1v) is 8.65. The highest BCUT2D eigenvalue weighted by Gasteiger charge is 2.12. The Hall–Kier alpha value is -1.26. The minimum absolute atomic E-state index is 0.368. The van der Waals surface area contributed by atoms with Crippen LogP contribution in [0.25, 0.3) is 0 Å². The topological polar surface area (TPSA) is 29.9 Å². The zero-order valence-electron chi connectivity index (χ0n) is 13.2. The quantitative estimate of drug-likeness (QED) is 0.752. The van der Waals surface area contributed by atoms with Crippen molar-refractivity contribution in [2.45, 2.75) is 37.9 Å². The molecule has 1 aromatic carbocycles. The first-order chi connectivity index (χ1) is 10.2. The number of rotatable bonds is 8. The lowest BCUT2D eigenvalue weighted by Crippen LogP contribution is -2.23. The van der Waals surface area contributed by atoms with Gasteiger partial charge in [-0.1, -0.05) is 56.3 Å². The van der Waals surface area contributed by atoms with Gasteiger partial charge in [0.2, 0.25) is 0 Å². The average Bonchev–Trinajstić information content (AvgIpc) is 2.90. The summed E-state index contributed by atoms with van der Waals surface area (Å²) in [6.07, 6.45) is 6.20. The standard InChI is InChI=1S/C17H25N3S/c1-4-6-14-7-9-15(10-8-14)16(18-5-2)13-21-17-19-11-12-20(17)3/h7-12,16,18H,4-6,13H2,1-3H3. The number of aromatic nitrogens is 2. The molecular formula is C17H25N3S. The van der Waals surface area contributed by atoms with E-state index in [0.29, 0.717) is 6.04 Å². The molecule has 3 nitrogen and oxygen atoms in total. The van der Waals surface area contributed by atoms with Gasteiger partial charge in [0.25, 0.3) is 0 Å². The van der Waals surface area contributed by atoms with Crippen LogP contribution < -0.4 is 5.32 Å². The van der Waals surface area contributed by atoms with Gasteiger partial charge in [-0.25, -0.2) is 4.98 Å². The van der Waals surface area contributed by atoms with Gasteiger partial charge in [-0.05, 0) is 24.1 Å². The summed E-state index contributed by atoms with van der Waals surface area (Å²) < 4.78 is 2.07. The first-order valence-electron chi connectivity index (χ1n) is 7.67. The van der Waals surface area contributed by atoms with E-state index >= 15 is 0 Å². The number of nitrogens with one attached hydrogen (secondary N) is 1. The second-order valence-electron chi connectivity index (χ2n) is 5.23. The van der Waals surface area contributed by atoms with Crippen LogP contribution in [0.4, 0.5) is 0 Å². The van der Waals surface area contributed by atoms with E-state index in [4.69, 9.17) is 0 Å². The van der Waals surface area contributed by atoms with Crippen LogP contribution in [0.5, 0.6) is 0 Å². The van der Waals surface area contributed by atoms with Crippen LogP contribution in [-0.2, 0) is 13.5 Å². The summed E-state index contributed by atoms with van der Waals surface area (Å²) in [5, 5.41) is 4.64. The van der Waals surface area contributed by atoms with Crippen LogP contribution in [0.3, 0.4) is 0 Å². The number of hydrogen-bond acceptors (Lipinski definition) is 3. The van der Waals surface area contributed by atoms with Gasteiger partial charge in [-0.15, -0.1) is 0 Å². The van der Waals surface area contributed by atoms with Gasteiger partial charge in [0.05, 0.1) is 0 Å². The lowest BCUT2D eigenvalue weighted by atomic mass is 10.0. The normalized spacial score (nSPS) is 12.5. The Bertz CT molecular complexity index is 533. The summed E-state index contributed by atoms with van der Waals surface area (Å²) >= 11 is 1.80. The molecule has 0 saturated carbocycles. The van der Waals surface area contributed by atoms with E-state index in [1.165, 1.54) is 17.5 Å². The third-order valence-corrected chi connectivity index (χ3v) is 4.68. The van der Waals surface area contributed by atoms with Gasteiger partial charge in [-0.3, -0.25) is 0 Å². The molecule has 1 atom stereocenters. The molecule has 1 aromatic heterocycles. The molecule has 4 heteroatoms. The monoisotopic (exact) mass is 303 g/mol. The molecular weight excluding hydrogens is 278 g/mol. The van der Waals surface area contributed by atoms with Crippen LogP contribution in [-0.4, -0.2) is 21.8 Å². The van der Waals surface area contributed by atoms with Crippen molar-refractivity contribution in [1.82, 2.24) is 14.9 Å². The number of benzene rings is 1. The van der Waals surface area contributed by atoms with Gasteiger partial charge in [0.15, 0.2) is 5.16 Å². The summed E-state index contributed by atoms with van der Waals surface area (Å²) in [6, 6.07) is 9.41. The molecule has 0 aliphatic carbocycles. The van der Waals surface area contributed by atoms with Crippen LogP contribution in [0.1, 0.15) is 37.4 Å². The fourth-order valence-electron chi connectivity index (χ4n) is 2.37. The lowest BCUT2D eigenvalue weighted by molar-refractivity contribution is 0.604. The van der Waals surface area contributed by atoms with E-state index in [2.05, 4.69) is 53.0 Å². The molecule has 0 fully saturated rings. The van der Waals surface area contributed by atoms with E-state index in [1.54, 1.807) is 11.8 Å². The van der Waals surface area contributed by atoms with E-state index < -0.39 is 0 Å². The zero-order valence-corrected chi connectivity index (χ0v) is 14.0. The third-order valence-electron chi connectivity index (χ3n) is 3.53. The average molecular weight is 303 g/mol. The molecule has 0 spiro atoms. The third kappa shape index (κ3) is 4.61. The molecule has 0 amide bonds. The maximum atomic E-state index is 4.38. The molecule has 2 aromatic rings. The molecule has 0 saturated heterocycles. The van der Waals surface area contributed by atoms with Crippen molar-refractivity contribution in [2.24, 2.45) is 7.05 Å². The van der Waals surface area contributed by atoms with Gasteiger partial charge in [-0.2, -0.15) is 0 Å². The molecule has 1 N–H and O–H groups in total. The Kier molecular flexibility index (Phi) is 6.33. The van der Waals surface area contributed by atoms with Crippen LogP contribution >= 0.6 is 11.8 Å². The smallest absolute Gasteiger partial charge is 0.167 e. The lowest BCUT2D eigenvalue weighted by Gasteiger charge is -2.18. The summed E-state index contributed by atoms with van der Waals surface area (Å²) in [7, 11) is 2.04. The maximum Gasteiger partial charge on any atom is 0.167 e. The Morgan fingerprint density at radius 1 is 1.24 bits per heavy atom. The molecule has 1 unspecified atom stereocenters.